The predicted octanol–water partition coefficient (Wildman–Crippen LogP) is 8.89. The molecular formula is C27H42P2. The molecule has 0 aromatic rings. The summed E-state index contributed by atoms with van der Waals surface area (Å²) < 4.78 is 0. The standard InChI is InChI=1S/C27H42P2/c1-5-13-22(14-6-1)21-26-23(15-7-2-8-16-23)29(24(26)17-9-3-10-18-24)27(26)25(28(22)27)19-11-4-12-20-25/h1-21H2. The van der Waals surface area contributed by atoms with Gasteiger partial charge >= 0.3 is 0 Å². The molecule has 9 fully saturated rings. The van der Waals surface area contributed by atoms with Crippen molar-refractivity contribution < 1.29 is 0 Å². The molecule has 4 saturated carbocycles. The molecule has 0 aromatic carbocycles. The normalized spacial score (nSPS) is 51.3. The Morgan fingerprint density at radius 3 is 1.28 bits per heavy atom. The van der Waals surface area contributed by atoms with Gasteiger partial charge in [-0.15, -0.1) is 0 Å². The Bertz CT molecular complexity index is 662. The average Bonchev–Trinajstić information content (AvgIpc) is 3.32. The highest BCUT2D eigenvalue weighted by atomic mass is 31.2. The largest absolute Gasteiger partial charge is 0.0802 e. The number of fused-ring (bicyclic) bond motifs is 2. The van der Waals surface area contributed by atoms with Crippen LogP contribution in [0.15, 0.2) is 0 Å². The molecule has 4 aliphatic carbocycles. The minimum absolute atomic E-state index is 0.370. The quantitative estimate of drug-likeness (QED) is 0.338. The highest BCUT2D eigenvalue weighted by molar-refractivity contribution is 7.92. The summed E-state index contributed by atoms with van der Waals surface area (Å²) in [6.07, 6.45) is 34.7. The first kappa shape index (κ1) is 18.3. The highest BCUT2D eigenvalue weighted by Crippen LogP contribution is 3.27. The average molecular weight is 429 g/mol. The Kier molecular flexibility index (Phi) is 3.47. The summed E-state index contributed by atoms with van der Waals surface area (Å²) in [5.74, 6) is 0. The maximum atomic E-state index is 1.80. The smallest absolute Gasteiger partial charge is 0.0296 e. The van der Waals surface area contributed by atoms with Crippen molar-refractivity contribution in [1.29, 1.82) is 0 Å². The SMILES string of the molecule is C1CCC2(CC1)CC13C4(CCCCC4)P(C14CCCCC4)C31P2C12CCCCC2. The maximum absolute atomic E-state index is 1.80. The molecule has 2 heteroatoms. The van der Waals surface area contributed by atoms with Gasteiger partial charge in [0.15, 0.2) is 0 Å². The van der Waals surface area contributed by atoms with Crippen molar-refractivity contribution in [2.45, 2.75) is 160 Å². The van der Waals surface area contributed by atoms with Crippen molar-refractivity contribution in [3.05, 3.63) is 0 Å². The van der Waals surface area contributed by atoms with Gasteiger partial charge in [0.2, 0.25) is 0 Å². The monoisotopic (exact) mass is 428 g/mol. The summed E-state index contributed by atoms with van der Waals surface area (Å²) in [7, 11) is 0.761. The van der Waals surface area contributed by atoms with E-state index in [1.807, 2.05) is 0 Å². The van der Waals surface area contributed by atoms with Gasteiger partial charge in [-0.2, -0.15) is 0 Å². The zero-order valence-electron chi connectivity index (χ0n) is 18.7. The first-order valence-electron chi connectivity index (χ1n) is 13.9. The summed E-state index contributed by atoms with van der Waals surface area (Å²) in [4.78, 5) is 1.04. The zero-order valence-corrected chi connectivity index (χ0v) is 20.5. The minimum Gasteiger partial charge on any atom is -0.0802 e. The minimum atomic E-state index is 0.370. The van der Waals surface area contributed by atoms with E-state index in [0.29, 0.717) is 15.8 Å². The van der Waals surface area contributed by atoms with Crippen molar-refractivity contribution in [2.75, 3.05) is 0 Å². The van der Waals surface area contributed by atoms with E-state index in [0.717, 1.165) is 30.9 Å². The summed E-state index contributed by atoms with van der Waals surface area (Å²) in [5, 5.41) is 3.77. The van der Waals surface area contributed by atoms with Crippen LogP contribution in [0.3, 0.4) is 0 Å². The molecule has 0 aromatic heterocycles. The number of rotatable bonds is 0. The molecule has 0 N–H and O–H groups in total. The molecule has 6 spiro atoms. The molecule has 29 heavy (non-hydrogen) atoms. The van der Waals surface area contributed by atoms with E-state index in [1.165, 1.54) is 0 Å². The maximum Gasteiger partial charge on any atom is 0.0296 e. The molecule has 0 nitrogen and oxygen atoms in total. The topological polar surface area (TPSA) is 0 Å². The highest BCUT2D eigenvalue weighted by Gasteiger charge is 3.12. The Morgan fingerprint density at radius 1 is 0.379 bits per heavy atom. The van der Waals surface area contributed by atoms with Crippen molar-refractivity contribution in [3.8, 4) is 0 Å². The molecule has 2 atom stereocenters. The zero-order chi connectivity index (χ0) is 19.0. The molecule has 5 aliphatic heterocycles. The third kappa shape index (κ3) is 1.52. The Balaban J connectivity index is 1.32. The lowest BCUT2D eigenvalue weighted by molar-refractivity contribution is -0.0640. The third-order valence-corrected chi connectivity index (χ3v) is 23.2. The third-order valence-electron chi connectivity index (χ3n) is 12.6. The van der Waals surface area contributed by atoms with Crippen LogP contribution in [-0.2, 0) is 0 Å². The molecule has 0 amide bonds. The summed E-state index contributed by atoms with van der Waals surface area (Å²) in [6, 6.07) is 0. The summed E-state index contributed by atoms with van der Waals surface area (Å²) in [6.45, 7) is 0. The Morgan fingerprint density at radius 2 is 0.793 bits per heavy atom. The molecule has 9 rings (SSSR count). The van der Waals surface area contributed by atoms with E-state index >= 15 is 0 Å². The molecule has 2 bridgehead atoms. The van der Waals surface area contributed by atoms with Crippen molar-refractivity contribution in [3.63, 3.8) is 0 Å². The lowest BCUT2D eigenvalue weighted by Crippen LogP contribution is -2.89. The van der Waals surface area contributed by atoms with Gasteiger partial charge in [0.1, 0.15) is 0 Å². The van der Waals surface area contributed by atoms with E-state index in [-0.39, 0.29) is 0 Å². The van der Waals surface area contributed by atoms with Crippen molar-refractivity contribution in [1.82, 2.24) is 0 Å². The fourth-order valence-electron chi connectivity index (χ4n) is 12.6. The molecule has 2 unspecified atom stereocenters. The van der Waals surface area contributed by atoms with Crippen LogP contribution in [0.1, 0.15) is 135 Å². The second kappa shape index (κ2) is 5.49. The van der Waals surface area contributed by atoms with Crippen LogP contribution < -0.4 is 0 Å². The lowest BCUT2D eigenvalue weighted by Gasteiger charge is -2.94. The second-order valence-electron chi connectivity index (χ2n) is 13.0. The first-order chi connectivity index (χ1) is 14.3. The molecule has 5 heterocycles. The summed E-state index contributed by atoms with van der Waals surface area (Å²) in [5.41, 5.74) is 0.917. The van der Waals surface area contributed by atoms with Crippen LogP contribution in [0.4, 0.5) is 0 Å². The van der Waals surface area contributed by atoms with Gasteiger partial charge in [-0.1, -0.05) is 92.9 Å². The molecule has 5 saturated heterocycles. The van der Waals surface area contributed by atoms with Crippen LogP contribution in [0.25, 0.3) is 0 Å². The van der Waals surface area contributed by atoms with Gasteiger partial charge in [0, 0.05) is 15.5 Å². The van der Waals surface area contributed by atoms with Gasteiger partial charge < -0.3 is 0 Å². The predicted molar refractivity (Wildman–Crippen MR) is 127 cm³/mol. The molecular weight excluding hydrogens is 386 g/mol. The molecule has 160 valence electrons. The second-order valence-corrected chi connectivity index (χ2v) is 19.5. The van der Waals surface area contributed by atoms with Gasteiger partial charge in [0.25, 0.3) is 0 Å². The molecule has 0 radical (unpaired) electrons. The van der Waals surface area contributed by atoms with Gasteiger partial charge in [0.05, 0.1) is 0 Å². The van der Waals surface area contributed by atoms with Crippen LogP contribution >= 0.6 is 15.8 Å². The first-order valence-corrected chi connectivity index (χ1v) is 16.6. The van der Waals surface area contributed by atoms with Gasteiger partial charge in [-0.25, -0.2) is 0 Å². The molecule has 9 aliphatic rings. The van der Waals surface area contributed by atoms with E-state index in [4.69, 9.17) is 0 Å². The van der Waals surface area contributed by atoms with Crippen LogP contribution in [-0.4, -0.2) is 25.5 Å². The Labute approximate surface area is 181 Å². The van der Waals surface area contributed by atoms with Crippen molar-refractivity contribution >= 4 is 15.8 Å². The lowest BCUT2D eigenvalue weighted by atomic mass is 9.47. The summed E-state index contributed by atoms with van der Waals surface area (Å²) >= 11 is 0. The van der Waals surface area contributed by atoms with E-state index < -0.39 is 0 Å². The van der Waals surface area contributed by atoms with Crippen LogP contribution in [0, 0.1) is 5.41 Å². The van der Waals surface area contributed by atoms with E-state index in [1.54, 1.807) is 135 Å². The van der Waals surface area contributed by atoms with Crippen LogP contribution in [0.5, 0.6) is 0 Å². The van der Waals surface area contributed by atoms with Crippen molar-refractivity contribution in [2.24, 2.45) is 5.41 Å². The number of hydrogen-bond acceptors (Lipinski definition) is 0. The van der Waals surface area contributed by atoms with Crippen LogP contribution in [0.2, 0.25) is 0 Å². The van der Waals surface area contributed by atoms with E-state index in [9.17, 15) is 0 Å². The fourth-order valence-corrected chi connectivity index (χ4v) is 28.5. The van der Waals surface area contributed by atoms with E-state index in [2.05, 4.69) is 0 Å². The fraction of sp³-hybridized carbons (Fsp3) is 1.00. The number of hydrogen-bond donors (Lipinski definition) is 0. The van der Waals surface area contributed by atoms with Gasteiger partial charge in [-0.05, 0) is 73.3 Å². The van der Waals surface area contributed by atoms with Gasteiger partial charge in [-0.3, -0.25) is 0 Å². The Hall–Kier alpha value is 0.860.